The van der Waals surface area contributed by atoms with Crippen LogP contribution in [-0.4, -0.2) is 22.8 Å². The summed E-state index contributed by atoms with van der Waals surface area (Å²) < 4.78 is 5.26. The van der Waals surface area contributed by atoms with E-state index in [4.69, 9.17) is 9.84 Å². The molecule has 0 saturated heterocycles. The number of carboxylic acids is 1. The molecule has 0 amide bonds. The summed E-state index contributed by atoms with van der Waals surface area (Å²) in [5.74, 6) is -0.284. The monoisotopic (exact) mass is 294 g/mol. The molecule has 2 N–H and O–H groups in total. The van der Waals surface area contributed by atoms with Crippen LogP contribution in [0.3, 0.4) is 0 Å². The number of phenolic OH excluding ortho intramolecular Hbond substituents is 1. The highest BCUT2D eigenvalue weighted by Gasteiger charge is 2.30. The van der Waals surface area contributed by atoms with Crippen molar-refractivity contribution >= 4 is 5.97 Å². The van der Waals surface area contributed by atoms with E-state index in [2.05, 4.69) is 34.6 Å². The van der Waals surface area contributed by atoms with Crippen molar-refractivity contribution in [1.29, 1.82) is 0 Å². The number of aliphatic carboxylic acids is 1. The average Bonchev–Trinajstić information content (AvgIpc) is 2.26. The maximum absolute atomic E-state index is 10.6. The van der Waals surface area contributed by atoms with Gasteiger partial charge in [0.2, 0.25) is 0 Å². The van der Waals surface area contributed by atoms with Gasteiger partial charge in [0.1, 0.15) is 11.5 Å². The predicted octanol–water partition coefficient (Wildman–Crippen LogP) is 3.88. The fourth-order valence-electron chi connectivity index (χ4n) is 2.91. The lowest BCUT2D eigenvalue weighted by atomic mass is 9.71. The molecule has 0 aliphatic rings. The third-order valence-electron chi connectivity index (χ3n) is 3.34. The van der Waals surface area contributed by atoms with E-state index in [0.717, 1.165) is 12.0 Å². The maximum Gasteiger partial charge on any atom is 0.341 e. The molecule has 0 spiro atoms. The van der Waals surface area contributed by atoms with Crippen LogP contribution >= 0.6 is 0 Å². The van der Waals surface area contributed by atoms with Gasteiger partial charge in [0.25, 0.3) is 0 Å². The van der Waals surface area contributed by atoms with Gasteiger partial charge in [-0.05, 0) is 41.9 Å². The molecule has 1 aromatic rings. The first-order valence-electron chi connectivity index (χ1n) is 7.11. The quantitative estimate of drug-likeness (QED) is 0.865. The molecule has 0 aliphatic carbocycles. The van der Waals surface area contributed by atoms with E-state index in [1.807, 2.05) is 0 Å². The second-order valence-electron chi connectivity index (χ2n) is 7.44. The molecule has 118 valence electrons. The van der Waals surface area contributed by atoms with E-state index in [1.165, 1.54) is 0 Å². The van der Waals surface area contributed by atoms with Crippen LogP contribution in [0.25, 0.3) is 0 Å². The SMILES string of the molecule is Cc1cc(OCC(=O)O)cc(C(C)(C)CC(C)(C)C)c1O. The first-order chi connectivity index (χ1) is 9.42. The Balaban J connectivity index is 3.18. The highest BCUT2D eigenvalue weighted by Crippen LogP contribution is 2.42. The molecule has 0 aliphatic heterocycles. The lowest BCUT2D eigenvalue weighted by molar-refractivity contribution is -0.139. The smallest absolute Gasteiger partial charge is 0.341 e. The van der Waals surface area contributed by atoms with Gasteiger partial charge in [-0.25, -0.2) is 4.79 Å². The van der Waals surface area contributed by atoms with Gasteiger partial charge < -0.3 is 14.9 Å². The largest absolute Gasteiger partial charge is 0.507 e. The van der Waals surface area contributed by atoms with Gasteiger partial charge in [0, 0.05) is 5.56 Å². The van der Waals surface area contributed by atoms with E-state index in [-0.39, 0.29) is 23.2 Å². The van der Waals surface area contributed by atoms with Gasteiger partial charge in [-0.2, -0.15) is 0 Å². The van der Waals surface area contributed by atoms with Gasteiger partial charge in [0.05, 0.1) is 0 Å². The Morgan fingerprint density at radius 3 is 2.24 bits per heavy atom. The van der Waals surface area contributed by atoms with Crippen LogP contribution in [0, 0.1) is 12.3 Å². The highest BCUT2D eigenvalue weighted by molar-refractivity contribution is 5.68. The molecule has 0 fully saturated rings. The Morgan fingerprint density at radius 1 is 1.19 bits per heavy atom. The molecule has 0 unspecified atom stereocenters. The summed E-state index contributed by atoms with van der Waals surface area (Å²) in [4.78, 5) is 10.6. The Bertz CT molecular complexity index is 524. The Hall–Kier alpha value is -1.71. The number of carbonyl (C=O) groups is 1. The molecule has 1 aromatic carbocycles. The van der Waals surface area contributed by atoms with E-state index >= 15 is 0 Å². The third-order valence-corrected chi connectivity index (χ3v) is 3.34. The minimum Gasteiger partial charge on any atom is -0.507 e. The Labute approximate surface area is 126 Å². The van der Waals surface area contributed by atoms with Crippen molar-refractivity contribution in [3.8, 4) is 11.5 Å². The average molecular weight is 294 g/mol. The van der Waals surface area contributed by atoms with E-state index < -0.39 is 5.97 Å². The van der Waals surface area contributed by atoms with Crippen molar-refractivity contribution in [3.05, 3.63) is 23.3 Å². The summed E-state index contributed by atoms with van der Waals surface area (Å²) in [7, 11) is 0. The van der Waals surface area contributed by atoms with Crippen molar-refractivity contribution in [2.45, 2.75) is 53.4 Å². The number of benzene rings is 1. The fourth-order valence-corrected chi connectivity index (χ4v) is 2.91. The molecular formula is C17H26O4. The highest BCUT2D eigenvalue weighted by atomic mass is 16.5. The number of phenols is 1. The molecule has 1 rings (SSSR count). The van der Waals surface area contributed by atoms with Gasteiger partial charge in [-0.1, -0.05) is 34.6 Å². The number of hydrogen-bond acceptors (Lipinski definition) is 3. The van der Waals surface area contributed by atoms with Crippen molar-refractivity contribution in [2.75, 3.05) is 6.61 Å². The normalized spacial score (nSPS) is 12.3. The number of carboxylic acid groups (broad SMARTS) is 1. The summed E-state index contributed by atoms with van der Waals surface area (Å²) in [6.45, 7) is 12.0. The molecule has 21 heavy (non-hydrogen) atoms. The Kier molecular flexibility index (Phi) is 4.92. The second kappa shape index (κ2) is 5.96. The molecule has 0 heterocycles. The molecular weight excluding hydrogens is 268 g/mol. The van der Waals surface area contributed by atoms with Gasteiger partial charge in [-0.3, -0.25) is 0 Å². The standard InChI is InChI=1S/C17H26O4/c1-11-7-12(21-9-14(18)19)8-13(15(11)20)17(5,6)10-16(2,3)4/h7-8,20H,9-10H2,1-6H3,(H,18,19). The fraction of sp³-hybridized carbons (Fsp3) is 0.588. The lowest BCUT2D eigenvalue weighted by Gasteiger charge is -2.34. The van der Waals surface area contributed by atoms with Crippen LogP contribution in [0.5, 0.6) is 11.5 Å². The summed E-state index contributed by atoms with van der Waals surface area (Å²) in [5.41, 5.74) is 1.35. The number of aromatic hydroxyl groups is 1. The van der Waals surface area contributed by atoms with Crippen molar-refractivity contribution in [2.24, 2.45) is 5.41 Å². The molecule has 4 nitrogen and oxygen atoms in total. The van der Waals surface area contributed by atoms with Crippen LogP contribution in [0.4, 0.5) is 0 Å². The summed E-state index contributed by atoms with van der Waals surface area (Å²) in [5, 5.41) is 19.1. The zero-order chi connectivity index (χ0) is 16.4. The van der Waals surface area contributed by atoms with Gasteiger partial charge in [-0.15, -0.1) is 0 Å². The summed E-state index contributed by atoms with van der Waals surface area (Å²) in [6, 6.07) is 3.41. The zero-order valence-electron chi connectivity index (χ0n) is 13.8. The van der Waals surface area contributed by atoms with Crippen LogP contribution < -0.4 is 4.74 Å². The number of ether oxygens (including phenoxy) is 1. The van der Waals surface area contributed by atoms with Crippen LogP contribution in [0.2, 0.25) is 0 Å². The topological polar surface area (TPSA) is 66.8 Å². The maximum atomic E-state index is 10.6. The molecule has 0 atom stereocenters. The third kappa shape index (κ3) is 4.96. The van der Waals surface area contributed by atoms with Crippen molar-refractivity contribution in [1.82, 2.24) is 0 Å². The van der Waals surface area contributed by atoms with Gasteiger partial charge in [0.15, 0.2) is 6.61 Å². The number of hydrogen-bond donors (Lipinski definition) is 2. The van der Waals surface area contributed by atoms with Crippen LogP contribution in [-0.2, 0) is 10.2 Å². The van der Waals surface area contributed by atoms with Crippen molar-refractivity contribution in [3.63, 3.8) is 0 Å². The minimum atomic E-state index is -1.02. The van der Waals surface area contributed by atoms with Crippen LogP contribution in [0.15, 0.2) is 12.1 Å². The summed E-state index contributed by atoms with van der Waals surface area (Å²) in [6.07, 6.45) is 0.884. The minimum absolute atomic E-state index is 0.113. The first-order valence-corrected chi connectivity index (χ1v) is 7.11. The van der Waals surface area contributed by atoms with Crippen LogP contribution in [0.1, 0.15) is 52.2 Å². The first kappa shape index (κ1) is 17.3. The lowest BCUT2D eigenvalue weighted by Crippen LogP contribution is -2.25. The van der Waals surface area contributed by atoms with Crippen molar-refractivity contribution < 1.29 is 19.7 Å². The molecule has 4 heteroatoms. The van der Waals surface area contributed by atoms with E-state index in [1.54, 1.807) is 19.1 Å². The zero-order valence-corrected chi connectivity index (χ0v) is 13.8. The second-order valence-corrected chi connectivity index (χ2v) is 7.44. The molecule has 0 radical (unpaired) electrons. The number of rotatable bonds is 5. The molecule has 0 aromatic heterocycles. The number of aryl methyl sites for hydroxylation is 1. The molecule has 0 bridgehead atoms. The predicted molar refractivity (Wildman–Crippen MR) is 83.1 cm³/mol. The van der Waals surface area contributed by atoms with E-state index in [0.29, 0.717) is 11.3 Å². The molecule has 0 saturated carbocycles. The Morgan fingerprint density at radius 2 is 1.76 bits per heavy atom. The van der Waals surface area contributed by atoms with Gasteiger partial charge >= 0.3 is 5.97 Å². The van der Waals surface area contributed by atoms with E-state index in [9.17, 15) is 9.90 Å². The summed E-state index contributed by atoms with van der Waals surface area (Å²) >= 11 is 0.